The molecule has 0 N–H and O–H groups in total. The van der Waals surface area contributed by atoms with E-state index in [0.717, 1.165) is 6.42 Å². The van der Waals surface area contributed by atoms with E-state index in [-0.39, 0.29) is 0 Å². The van der Waals surface area contributed by atoms with Crippen LogP contribution < -0.4 is 15.9 Å². The van der Waals surface area contributed by atoms with Crippen LogP contribution in [0.3, 0.4) is 0 Å². The predicted octanol–water partition coefficient (Wildman–Crippen LogP) is 4.40. The Morgan fingerprint density at radius 2 is 1.30 bits per heavy atom. The van der Waals surface area contributed by atoms with Crippen LogP contribution in [0.5, 0.6) is 0 Å². The van der Waals surface area contributed by atoms with Crippen molar-refractivity contribution < 1.29 is 0 Å². The maximum absolute atomic E-state index is 2.34. The summed E-state index contributed by atoms with van der Waals surface area (Å²) in [7, 11) is -0.501. The number of benzene rings is 3. The van der Waals surface area contributed by atoms with E-state index in [1.165, 1.54) is 32.6 Å². The summed E-state index contributed by atoms with van der Waals surface area (Å²) >= 11 is 0. The topological polar surface area (TPSA) is 0 Å². The summed E-state index contributed by atoms with van der Waals surface area (Å²) in [5.41, 5.74) is 4.38. The lowest BCUT2D eigenvalue weighted by molar-refractivity contribution is 1.21. The van der Waals surface area contributed by atoms with Gasteiger partial charge in [0.15, 0.2) is 0 Å². The van der Waals surface area contributed by atoms with E-state index >= 15 is 0 Å². The Balaban J connectivity index is 1.90. The Hall–Kier alpha value is -2.17. The molecule has 112 valence electrons. The van der Waals surface area contributed by atoms with E-state index in [4.69, 9.17) is 0 Å². The molecule has 0 unspecified atom stereocenters. The highest BCUT2D eigenvalue weighted by Gasteiger charge is 2.22. The van der Waals surface area contributed by atoms with E-state index < -0.39 is 7.92 Å². The lowest BCUT2D eigenvalue weighted by atomic mass is 10.1. The number of rotatable bonds is 3. The summed E-state index contributed by atoms with van der Waals surface area (Å²) in [4.78, 5) is 0. The fourth-order valence-corrected chi connectivity index (χ4v) is 5.81. The first-order chi connectivity index (χ1) is 11.3. The zero-order valence-corrected chi connectivity index (χ0v) is 14.1. The van der Waals surface area contributed by atoms with Crippen molar-refractivity contribution in [3.63, 3.8) is 0 Å². The van der Waals surface area contributed by atoms with Crippen molar-refractivity contribution in [3.8, 4) is 0 Å². The van der Waals surface area contributed by atoms with Crippen molar-refractivity contribution >= 4 is 29.9 Å². The quantitative estimate of drug-likeness (QED) is 0.628. The standard InChI is InChI=1S/C22H19P/c1-17-15-18-9-8-14-22(21(18)16-17)23(19-10-4-2-5-11-19)20-12-6-3-7-13-20/h2-15H,16H2,1H3. The van der Waals surface area contributed by atoms with Gasteiger partial charge in [-0.25, -0.2) is 0 Å². The average Bonchev–Trinajstić information content (AvgIpc) is 2.98. The van der Waals surface area contributed by atoms with Crippen molar-refractivity contribution in [1.29, 1.82) is 0 Å². The van der Waals surface area contributed by atoms with Gasteiger partial charge in [0.2, 0.25) is 0 Å². The van der Waals surface area contributed by atoms with Crippen molar-refractivity contribution in [2.45, 2.75) is 13.3 Å². The lowest BCUT2D eigenvalue weighted by Crippen LogP contribution is -2.23. The second kappa shape index (κ2) is 6.14. The lowest BCUT2D eigenvalue weighted by Gasteiger charge is -2.22. The molecule has 0 bridgehead atoms. The molecule has 0 saturated heterocycles. The van der Waals surface area contributed by atoms with Gasteiger partial charge in [-0.15, -0.1) is 0 Å². The molecule has 0 fully saturated rings. The minimum atomic E-state index is -0.501. The van der Waals surface area contributed by atoms with Gasteiger partial charge in [0, 0.05) is 0 Å². The van der Waals surface area contributed by atoms with E-state index in [1.54, 1.807) is 0 Å². The highest BCUT2D eigenvalue weighted by atomic mass is 31.1. The minimum Gasteiger partial charge on any atom is -0.0683 e. The van der Waals surface area contributed by atoms with Gasteiger partial charge in [-0.3, -0.25) is 0 Å². The van der Waals surface area contributed by atoms with Crippen LogP contribution in [0.1, 0.15) is 18.1 Å². The highest BCUT2D eigenvalue weighted by Crippen LogP contribution is 2.37. The molecule has 1 aliphatic carbocycles. The van der Waals surface area contributed by atoms with Crippen LogP contribution in [-0.4, -0.2) is 0 Å². The smallest absolute Gasteiger partial charge is 0.00540 e. The highest BCUT2D eigenvalue weighted by molar-refractivity contribution is 7.79. The van der Waals surface area contributed by atoms with Crippen LogP contribution >= 0.6 is 7.92 Å². The van der Waals surface area contributed by atoms with E-state index in [1.807, 2.05) is 0 Å². The molecule has 0 saturated carbocycles. The molecule has 0 heterocycles. The van der Waals surface area contributed by atoms with Crippen LogP contribution in [0.25, 0.3) is 6.08 Å². The second-order valence-corrected chi connectivity index (χ2v) is 8.20. The Morgan fingerprint density at radius 3 is 1.91 bits per heavy atom. The number of hydrogen-bond donors (Lipinski definition) is 0. The van der Waals surface area contributed by atoms with Crippen LogP contribution in [0.15, 0.2) is 84.4 Å². The minimum absolute atomic E-state index is 0.501. The van der Waals surface area contributed by atoms with Crippen LogP contribution in [-0.2, 0) is 6.42 Å². The van der Waals surface area contributed by atoms with Gasteiger partial charge in [-0.1, -0.05) is 90.5 Å². The first-order valence-electron chi connectivity index (χ1n) is 8.02. The summed E-state index contributed by atoms with van der Waals surface area (Å²) in [6.07, 6.45) is 3.42. The molecule has 0 nitrogen and oxygen atoms in total. The Kier molecular flexibility index (Phi) is 3.85. The molecule has 0 aromatic heterocycles. The molecule has 1 heteroatoms. The molecule has 3 aromatic rings. The molecule has 23 heavy (non-hydrogen) atoms. The number of fused-ring (bicyclic) bond motifs is 1. The molecule has 0 radical (unpaired) electrons. The van der Waals surface area contributed by atoms with Crippen molar-refractivity contribution in [2.24, 2.45) is 0 Å². The summed E-state index contributed by atoms with van der Waals surface area (Å²) in [5.74, 6) is 0. The molecule has 3 aromatic carbocycles. The van der Waals surface area contributed by atoms with Crippen molar-refractivity contribution in [1.82, 2.24) is 0 Å². The monoisotopic (exact) mass is 314 g/mol. The van der Waals surface area contributed by atoms with Crippen molar-refractivity contribution in [2.75, 3.05) is 0 Å². The van der Waals surface area contributed by atoms with E-state index in [0.29, 0.717) is 0 Å². The predicted molar refractivity (Wildman–Crippen MR) is 103 cm³/mol. The van der Waals surface area contributed by atoms with Gasteiger partial charge in [0.1, 0.15) is 0 Å². The van der Waals surface area contributed by atoms with E-state index in [9.17, 15) is 0 Å². The number of hydrogen-bond acceptors (Lipinski definition) is 0. The molecule has 0 aliphatic heterocycles. The molecule has 0 amide bonds. The largest absolute Gasteiger partial charge is 0.0683 e. The van der Waals surface area contributed by atoms with Gasteiger partial charge in [0.05, 0.1) is 0 Å². The zero-order chi connectivity index (χ0) is 15.6. The SMILES string of the molecule is CC1=Cc2cccc(P(c3ccccc3)c3ccccc3)c2C1. The normalized spacial score (nSPS) is 13.0. The van der Waals surface area contributed by atoms with Gasteiger partial charge in [-0.2, -0.15) is 0 Å². The maximum Gasteiger partial charge on any atom is -0.00540 e. The van der Waals surface area contributed by atoms with E-state index in [2.05, 4.69) is 91.9 Å². The third-order valence-corrected chi connectivity index (χ3v) is 6.84. The fourth-order valence-electron chi connectivity index (χ4n) is 3.31. The summed E-state index contributed by atoms with van der Waals surface area (Å²) in [6, 6.07) is 28.7. The van der Waals surface area contributed by atoms with Crippen LogP contribution in [0.2, 0.25) is 0 Å². The molecule has 0 atom stereocenters. The first-order valence-corrected chi connectivity index (χ1v) is 9.36. The third kappa shape index (κ3) is 2.76. The van der Waals surface area contributed by atoms with Crippen LogP contribution in [0, 0.1) is 0 Å². The number of allylic oxidation sites excluding steroid dienone is 1. The molecular formula is C22H19P. The molecule has 1 aliphatic rings. The van der Waals surface area contributed by atoms with Gasteiger partial charge < -0.3 is 0 Å². The molecule has 0 spiro atoms. The Bertz CT molecular complexity index is 808. The van der Waals surface area contributed by atoms with Crippen molar-refractivity contribution in [3.05, 3.63) is 95.6 Å². The third-order valence-electron chi connectivity index (χ3n) is 4.31. The fraction of sp³-hybridized carbons (Fsp3) is 0.0909. The van der Waals surface area contributed by atoms with Gasteiger partial charge in [-0.05, 0) is 48.3 Å². The summed E-state index contributed by atoms with van der Waals surface area (Å²) in [6.45, 7) is 2.23. The maximum atomic E-state index is 2.34. The summed E-state index contributed by atoms with van der Waals surface area (Å²) < 4.78 is 0. The summed E-state index contributed by atoms with van der Waals surface area (Å²) in [5, 5.41) is 4.35. The Morgan fingerprint density at radius 1 is 0.696 bits per heavy atom. The Labute approximate surface area is 139 Å². The first kappa shape index (κ1) is 14.4. The molecule has 4 rings (SSSR count). The second-order valence-electron chi connectivity index (χ2n) is 6.02. The molecular weight excluding hydrogens is 295 g/mol. The zero-order valence-electron chi connectivity index (χ0n) is 13.2. The van der Waals surface area contributed by atoms with Gasteiger partial charge >= 0.3 is 0 Å². The van der Waals surface area contributed by atoms with Crippen LogP contribution in [0.4, 0.5) is 0 Å². The average molecular weight is 314 g/mol. The van der Waals surface area contributed by atoms with Gasteiger partial charge in [0.25, 0.3) is 0 Å².